The fourth-order valence-electron chi connectivity index (χ4n) is 3.41. The molecule has 0 aromatic carbocycles. The van der Waals surface area contributed by atoms with Crippen molar-refractivity contribution in [2.45, 2.75) is 39.2 Å². The van der Waals surface area contributed by atoms with Crippen LogP contribution in [0, 0.1) is 12.3 Å². The smallest absolute Gasteiger partial charge is 0.311 e. The second-order valence-corrected chi connectivity index (χ2v) is 6.77. The number of carboxylic acids is 1. The van der Waals surface area contributed by atoms with Gasteiger partial charge in [0, 0.05) is 32.0 Å². The van der Waals surface area contributed by atoms with Crippen molar-refractivity contribution in [3.8, 4) is 0 Å². The molecule has 2 saturated heterocycles. The van der Waals surface area contributed by atoms with Crippen molar-refractivity contribution >= 4 is 11.9 Å². The molecule has 1 aromatic heterocycles. The van der Waals surface area contributed by atoms with E-state index in [9.17, 15) is 14.7 Å². The number of carbonyl (C=O) groups excluding carboxylic acids is 1. The van der Waals surface area contributed by atoms with Gasteiger partial charge >= 0.3 is 5.97 Å². The van der Waals surface area contributed by atoms with Crippen LogP contribution in [0.3, 0.4) is 0 Å². The maximum Gasteiger partial charge on any atom is 0.311 e. The minimum Gasteiger partial charge on any atom is -0.481 e. The topological polar surface area (TPSA) is 84.7 Å². The van der Waals surface area contributed by atoms with Crippen molar-refractivity contribution in [1.82, 2.24) is 14.7 Å². The third-order valence-electron chi connectivity index (χ3n) is 5.09. The van der Waals surface area contributed by atoms with Gasteiger partial charge in [-0.15, -0.1) is 0 Å². The molecule has 0 spiro atoms. The molecule has 126 valence electrons. The van der Waals surface area contributed by atoms with E-state index >= 15 is 0 Å². The molecule has 0 radical (unpaired) electrons. The van der Waals surface area contributed by atoms with Gasteiger partial charge in [0.15, 0.2) is 0 Å². The van der Waals surface area contributed by atoms with E-state index in [-0.39, 0.29) is 18.5 Å². The van der Waals surface area contributed by atoms with Gasteiger partial charge in [-0.1, -0.05) is 0 Å². The van der Waals surface area contributed by atoms with Crippen LogP contribution in [0.1, 0.15) is 48.3 Å². The van der Waals surface area contributed by atoms with Gasteiger partial charge in [-0.25, -0.2) is 0 Å². The summed E-state index contributed by atoms with van der Waals surface area (Å²) in [5.41, 5.74) is 0.581. The Balaban J connectivity index is 1.76. The van der Waals surface area contributed by atoms with E-state index in [0.29, 0.717) is 18.5 Å². The lowest BCUT2D eigenvalue weighted by Gasteiger charge is -2.24. The van der Waals surface area contributed by atoms with Gasteiger partial charge in [0.05, 0.1) is 23.2 Å². The zero-order valence-electron chi connectivity index (χ0n) is 13.6. The van der Waals surface area contributed by atoms with Gasteiger partial charge in [0.2, 0.25) is 0 Å². The van der Waals surface area contributed by atoms with Gasteiger partial charge < -0.3 is 14.7 Å². The second kappa shape index (κ2) is 5.96. The largest absolute Gasteiger partial charge is 0.481 e. The number of nitrogens with zero attached hydrogens (tertiary/aromatic N) is 3. The molecule has 23 heavy (non-hydrogen) atoms. The molecule has 1 atom stereocenters. The zero-order chi connectivity index (χ0) is 16.6. The number of aliphatic carboxylic acids is 1. The molecule has 0 bridgehead atoms. The van der Waals surface area contributed by atoms with Crippen molar-refractivity contribution in [1.29, 1.82) is 0 Å². The number of ether oxygens (including phenoxy) is 1. The highest BCUT2D eigenvalue weighted by Gasteiger charge is 2.42. The Labute approximate surface area is 135 Å². The molecular weight excluding hydrogens is 298 g/mol. The van der Waals surface area contributed by atoms with E-state index in [1.807, 2.05) is 11.6 Å². The van der Waals surface area contributed by atoms with Crippen LogP contribution in [0.25, 0.3) is 0 Å². The summed E-state index contributed by atoms with van der Waals surface area (Å²) in [5, 5.41) is 13.7. The van der Waals surface area contributed by atoms with Crippen molar-refractivity contribution < 1.29 is 19.4 Å². The van der Waals surface area contributed by atoms with Gasteiger partial charge in [0.25, 0.3) is 5.91 Å². The molecule has 3 heterocycles. The summed E-state index contributed by atoms with van der Waals surface area (Å²) in [6, 6.07) is 0.271. The van der Waals surface area contributed by atoms with Crippen molar-refractivity contribution in [2.24, 2.45) is 5.41 Å². The first kappa shape index (κ1) is 16.0. The highest BCUT2D eigenvalue weighted by molar-refractivity contribution is 5.95. The van der Waals surface area contributed by atoms with Gasteiger partial charge in [0.1, 0.15) is 0 Å². The van der Waals surface area contributed by atoms with Crippen LogP contribution in [-0.2, 0) is 9.53 Å². The normalized spacial score (nSPS) is 25.7. The van der Waals surface area contributed by atoms with Crippen LogP contribution >= 0.6 is 0 Å². The molecule has 2 aliphatic rings. The third-order valence-corrected chi connectivity index (χ3v) is 5.09. The van der Waals surface area contributed by atoms with Gasteiger partial charge in [-0.3, -0.25) is 14.3 Å². The molecule has 3 rings (SSSR count). The number of hydrogen-bond donors (Lipinski definition) is 1. The Hall–Kier alpha value is -1.89. The summed E-state index contributed by atoms with van der Waals surface area (Å²) < 4.78 is 7.29. The lowest BCUT2D eigenvalue weighted by atomic mass is 9.90. The summed E-state index contributed by atoms with van der Waals surface area (Å²) >= 11 is 0. The number of carboxylic acid groups (broad SMARTS) is 1. The maximum atomic E-state index is 12.7. The highest BCUT2D eigenvalue weighted by atomic mass is 16.5. The van der Waals surface area contributed by atoms with Crippen LogP contribution in [0.5, 0.6) is 0 Å². The van der Waals surface area contributed by atoms with E-state index in [1.54, 1.807) is 18.0 Å². The molecule has 2 fully saturated rings. The van der Waals surface area contributed by atoms with E-state index in [1.165, 1.54) is 0 Å². The summed E-state index contributed by atoms with van der Waals surface area (Å²) in [5.74, 6) is -0.965. The number of rotatable bonds is 3. The van der Waals surface area contributed by atoms with Crippen LogP contribution in [0.4, 0.5) is 0 Å². The van der Waals surface area contributed by atoms with Crippen molar-refractivity contribution in [3.63, 3.8) is 0 Å². The molecule has 7 nitrogen and oxygen atoms in total. The zero-order valence-corrected chi connectivity index (χ0v) is 13.6. The highest BCUT2D eigenvalue weighted by Crippen LogP contribution is 2.32. The number of carbonyl (C=O) groups is 2. The predicted octanol–water partition coefficient (Wildman–Crippen LogP) is 1.48. The maximum absolute atomic E-state index is 12.7. The molecular formula is C16H23N3O4. The third kappa shape index (κ3) is 2.85. The molecule has 1 amide bonds. The lowest BCUT2D eigenvalue weighted by Crippen LogP contribution is -2.35. The summed E-state index contributed by atoms with van der Waals surface area (Å²) in [6.45, 7) is 5.77. The first-order valence-corrected chi connectivity index (χ1v) is 8.07. The first-order chi connectivity index (χ1) is 10.9. The number of hydrogen-bond acceptors (Lipinski definition) is 4. The minimum absolute atomic E-state index is 0.120. The fourth-order valence-corrected chi connectivity index (χ4v) is 3.41. The average Bonchev–Trinajstić information content (AvgIpc) is 3.12. The van der Waals surface area contributed by atoms with Crippen LogP contribution < -0.4 is 0 Å². The molecule has 1 N–H and O–H groups in total. The molecule has 1 aromatic rings. The Morgan fingerprint density at radius 1 is 1.39 bits per heavy atom. The van der Waals surface area contributed by atoms with Crippen molar-refractivity contribution in [2.75, 3.05) is 26.3 Å². The number of likely N-dealkylation sites (tertiary alicyclic amines) is 1. The quantitative estimate of drug-likeness (QED) is 0.911. The van der Waals surface area contributed by atoms with Crippen LogP contribution in [0.15, 0.2) is 6.20 Å². The fraction of sp³-hybridized carbons (Fsp3) is 0.688. The van der Waals surface area contributed by atoms with Crippen LogP contribution in [0.2, 0.25) is 0 Å². The predicted molar refractivity (Wildman–Crippen MR) is 82.3 cm³/mol. The second-order valence-electron chi connectivity index (χ2n) is 6.77. The van der Waals surface area contributed by atoms with Crippen molar-refractivity contribution in [3.05, 3.63) is 17.5 Å². The monoisotopic (exact) mass is 321 g/mol. The van der Waals surface area contributed by atoms with Crippen LogP contribution in [-0.4, -0.2) is 58.0 Å². The van der Waals surface area contributed by atoms with Gasteiger partial charge in [-0.2, -0.15) is 5.10 Å². The molecule has 7 heteroatoms. The summed E-state index contributed by atoms with van der Waals surface area (Å²) in [7, 11) is 0. The van der Waals surface area contributed by atoms with E-state index in [0.717, 1.165) is 31.7 Å². The number of amides is 1. The lowest BCUT2D eigenvalue weighted by molar-refractivity contribution is -0.147. The van der Waals surface area contributed by atoms with E-state index in [4.69, 9.17) is 4.74 Å². The number of aromatic nitrogens is 2. The molecule has 2 aliphatic heterocycles. The average molecular weight is 321 g/mol. The molecule has 0 aliphatic carbocycles. The Bertz CT molecular complexity index is 621. The first-order valence-electron chi connectivity index (χ1n) is 8.07. The Morgan fingerprint density at radius 2 is 2.09 bits per heavy atom. The van der Waals surface area contributed by atoms with E-state index in [2.05, 4.69) is 5.10 Å². The summed E-state index contributed by atoms with van der Waals surface area (Å²) in [6.07, 6.45) is 3.90. The SMILES string of the molecule is Cc1c(C(=O)N2CCC(C)(C(=O)O)C2)cnn1C1CCOCC1. The summed E-state index contributed by atoms with van der Waals surface area (Å²) in [4.78, 5) is 25.7. The van der Waals surface area contributed by atoms with Gasteiger partial charge in [-0.05, 0) is 33.1 Å². The molecule has 1 unspecified atom stereocenters. The minimum atomic E-state index is -0.847. The molecule has 0 saturated carbocycles. The Kier molecular flexibility index (Phi) is 4.14. The van der Waals surface area contributed by atoms with E-state index < -0.39 is 11.4 Å². The standard InChI is InChI=1S/C16H23N3O4/c1-11-13(9-17-19(11)12-3-7-23-8-4-12)14(20)18-6-5-16(2,10-18)15(21)22/h9,12H,3-8,10H2,1-2H3,(H,21,22). The Morgan fingerprint density at radius 3 is 2.70 bits per heavy atom.